The van der Waals surface area contributed by atoms with Crippen LogP contribution in [0.15, 0.2) is 22.7 Å². The maximum absolute atomic E-state index is 13.3. The van der Waals surface area contributed by atoms with E-state index >= 15 is 0 Å². The first kappa shape index (κ1) is 23.8. The minimum absolute atomic E-state index is 0.00470. The first-order valence-corrected chi connectivity index (χ1v) is 14.3. The molecule has 1 aliphatic heterocycles. The molecule has 5 aliphatic carbocycles. The van der Waals surface area contributed by atoms with Gasteiger partial charge in [0, 0.05) is 29.0 Å². The third-order valence-corrected chi connectivity index (χ3v) is 10.6. The van der Waals surface area contributed by atoms with Crippen molar-refractivity contribution in [2.24, 2.45) is 17.8 Å². The van der Waals surface area contributed by atoms with E-state index in [-0.39, 0.29) is 29.4 Å². The average molecular weight is 546 g/mol. The normalized spacial score (nSPS) is 36.3. The van der Waals surface area contributed by atoms with Gasteiger partial charge in [0.15, 0.2) is 0 Å². The van der Waals surface area contributed by atoms with E-state index in [4.69, 9.17) is 4.74 Å². The van der Waals surface area contributed by atoms with Crippen molar-refractivity contribution in [1.82, 2.24) is 10.2 Å². The van der Waals surface area contributed by atoms with Gasteiger partial charge < -0.3 is 20.1 Å². The summed E-state index contributed by atoms with van der Waals surface area (Å²) in [5.41, 5.74) is 2.12. The van der Waals surface area contributed by atoms with Gasteiger partial charge in [-0.05, 0) is 99.2 Å². The number of benzene rings is 1. The summed E-state index contributed by atoms with van der Waals surface area (Å²) in [7, 11) is 0. The van der Waals surface area contributed by atoms with Crippen molar-refractivity contribution in [3.05, 3.63) is 33.8 Å². The van der Waals surface area contributed by atoms with E-state index in [1.165, 1.54) is 11.1 Å². The van der Waals surface area contributed by atoms with Gasteiger partial charge in [-0.2, -0.15) is 0 Å². The van der Waals surface area contributed by atoms with Crippen molar-refractivity contribution in [2.75, 3.05) is 19.7 Å². The average Bonchev–Trinajstić information content (AvgIpc) is 3.09. The molecular formula is C28H37BrN2O4. The number of nitrogens with one attached hydrogen (secondary N) is 1. The molecule has 6 aliphatic rings. The predicted molar refractivity (Wildman–Crippen MR) is 136 cm³/mol. The number of aliphatic hydroxyl groups is 1. The minimum atomic E-state index is -0.474. The van der Waals surface area contributed by atoms with Crippen molar-refractivity contribution >= 4 is 27.9 Å². The first-order chi connectivity index (χ1) is 16.8. The lowest BCUT2D eigenvalue weighted by molar-refractivity contribution is -0.143. The van der Waals surface area contributed by atoms with Crippen LogP contribution in [0.1, 0.15) is 81.8 Å². The molecule has 5 fully saturated rings. The molecule has 1 aromatic rings. The van der Waals surface area contributed by atoms with E-state index in [1.807, 2.05) is 11.8 Å². The maximum Gasteiger partial charge on any atom is 0.317 e. The van der Waals surface area contributed by atoms with E-state index in [1.54, 1.807) is 0 Å². The van der Waals surface area contributed by atoms with E-state index in [9.17, 15) is 14.7 Å². The lowest BCUT2D eigenvalue weighted by Gasteiger charge is -2.58. The third kappa shape index (κ3) is 4.11. The summed E-state index contributed by atoms with van der Waals surface area (Å²) >= 11 is 3.80. The zero-order chi connectivity index (χ0) is 24.4. The molecule has 190 valence electrons. The summed E-state index contributed by atoms with van der Waals surface area (Å²) < 4.78 is 6.38. The molecule has 1 spiro atoms. The molecule has 7 heteroatoms. The highest BCUT2D eigenvalue weighted by atomic mass is 79.9. The molecule has 2 amide bonds. The standard InChI is InChI=1S/C28H37BrN2O4/c1-2-35-23(32)12-18-14-27(24-21(18)4-3-5-22(24)29)6-8-31(9-7-27)26(33)30-25-19-10-17-11-20(25)16-28(34,13-17)15-19/h3-5,17-20,25,34H,2,6-16H2,1H3,(H,30,33). The lowest BCUT2D eigenvalue weighted by atomic mass is 9.52. The van der Waals surface area contributed by atoms with Gasteiger partial charge in [0.05, 0.1) is 18.6 Å². The first-order valence-electron chi connectivity index (χ1n) is 13.5. The molecular weight excluding hydrogens is 508 g/mol. The Hall–Kier alpha value is -1.60. The number of likely N-dealkylation sites (tertiary alicyclic amines) is 1. The smallest absolute Gasteiger partial charge is 0.317 e. The Labute approximate surface area is 216 Å². The van der Waals surface area contributed by atoms with Gasteiger partial charge in [-0.25, -0.2) is 4.79 Å². The number of fused-ring (bicyclic) bond motifs is 2. The highest BCUT2D eigenvalue weighted by Gasteiger charge is 2.55. The lowest BCUT2D eigenvalue weighted by Crippen LogP contribution is -2.63. The number of hydrogen-bond acceptors (Lipinski definition) is 4. The Bertz CT molecular complexity index is 1000. The Balaban J connectivity index is 1.13. The van der Waals surface area contributed by atoms with Crippen LogP contribution in [0.4, 0.5) is 4.79 Å². The quantitative estimate of drug-likeness (QED) is 0.530. The number of urea groups is 1. The summed E-state index contributed by atoms with van der Waals surface area (Å²) in [6.45, 7) is 3.72. The van der Waals surface area contributed by atoms with Crippen molar-refractivity contribution in [2.45, 2.75) is 87.7 Å². The van der Waals surface area contributed by atoms with Gasteiger partial charge in [0.25, 0.3) is 0 Å². The molecule has 3 atom stereocenters. The summed E-state index contributed by atoms with van der Waals surface area (Å²) in [6, 6.07) is 6.61. The van der Waals surface area contributed by atoms with Crippen molar-refractivity contribution in [3.8, 4) is 0 Å². The number of halogens is 1. The number of amides is 2. The van der Waals surface area contributed by atoms with E-state index in [2.05, 4.69) is 39.4 Å². The molecule has 7 rings (SSSR count). The second-order valence-corrected chi connectivity index (χ2v) is 12.9. The fourth-order valence-corrected chi connectivity index (χ4v) is 9.57. The number of ether oxygens (including phenoxy) is 1. The summed E-state index contributed by atoms with van der Waals surface area (Å²) in [5, 5.41) is 14.3. The van der Waals surface area contributed by atoms with Crippen LogP contribution in [0.25, 0.3) is 0 Å². The predicted octanol–water partition coefficient (Wildman–Crippen LogP) is 4.87. The molecule has 0 aromatic heterocycles. The zero-order valence-electron chi connectivity index (χ0n) is 20.6. The van der Waals surface area contributed by atoms with Gasteiger partial charge in [-0.3, -0.25) is 4.79 Å². The largest absolute Gasteiger partial charge is 0.466 e. The molecule has 4 bridgehead atoms. The number of hydrogen-bond donors (Lipinski definition) is 2. The highest BCUT2D eigenvalue weighted by Crippen LogP contribution is 2.57. The summed E-state index contributed by atoms with van der Waals surface area (Å²) in [5.74, 6) is 1.53. The molecule has 2 N–H and O–H groups in total. The molecule has 6 nitrogen and oxygen atoms in total. The Morgan fingerprint density at radius 1 is 1.14 bits per heavy atom. The number of carbonyl (C=O) groups excluding carboxylic acids is 2. The van der Waals surface area contributed by atoms with Gasteiger partial charge in [-0.1, -0.05) is 28.1 Å². The Morgan fingerprint density at radius 2 is 1.86 bits per heavy atom. The number of rotatable bonds is 4. The Morgan fingerprint density at radius 3 is 2.51 bits per heavy atom. The minimum Gasteiger partial charge on any atom is -0.466 e. The number of nitrogens with zero attached hydrogens (tertiary/aromatic N) is 1. The molecule has 1 saturated heterocycles. The van der Waals surface area contributed by atoms with Crippen molar-refractivity contribution in [3.63, 3.8) is 0 Å². The van der Waals surface area contributed by atoms with Crippen LogP contribution >= 0.6 is 15.9 Å². The van der Waals surface area contributed by atoms with Gasteiger partial charge in [-0.15, -0.1) is 0 Å². The third-order valence-electron chi connectivity index (χ3n) is 9.91. The van der Waals surface area contributed by atoms with E-state index in [0.29, 0.717) is 30.8 Å². The van der Waals surface area contributed by atoms with E-state index < -0.39 is 5.60 Å². The van der Waals surface area contributed by atoms with Crippen LogP contribution in [-0.2, 0) is 14.9 Å². The van der Waals surface area contributed by atoms with Gasteiger partial charge in [0.1, 0.15) is 0 Å². The topological polar surface area (TPSA) is 78.9 Å². The summed E-state index contributed by atoms with van der Waals surface area (Å²) in [4.78, 5) is 27.7. The van der Waals surface area contributed by atoms with Crippen LogP contribution in [0.2, 0.25) is 0 Å². The molecule has 0 radical (unpaired) electrons. The maximum atomic E-state index is 13.3. The molecule has 1 heterocycles. The zero-order valence-corrected chi connectivity index (χ0v) is 22.2. The molecule has 4 saturated carbocycles. The van der Waals surface area contributed by atoms with Crippen LogP contribution < -0.4 is 5.32 Å². The fourth-order valence-electron chi connectivity index (χ4n) is 8.77. The van der Waals surface area contributed by atoms with Gasteiger partial charge >= 0.3 is 12.0 Å². The SMILES string of the molecule is CCOC(=O)CC1CC2(CCN(C(=O)NC3C4CC5CC3CC(O)(C5)C4)CC2)c2c(Br)cccc21. The number of carbonyl (C=O) groups is 2. The molecule has 1 aromatic carbocycles. The monoisotopic (exact) mass is 544 g/mol. The van der Waals surface area contributed by atoms with E-state index in [0.717, 1.165) is 68.9 Å². The van der Waals surface area contributed by atoms with Crippen LogP contribution in [-0.4, -0.2) is 53.3 Å². The second-order valence-electron chi connectivity index (χ2n) is 12.1. The van der Waals surface area contributed by atoms with Crippen LogP contribution in [0.5, 0.6) is 0 Å². The van der Waals surface area contributed by atoms with Crippen molar-refractivity contribution in [1.29, 1.82) is 0 Å². The van der Waals surface area contributed by atoms with Crippen LogP contribution in [0.3, 0.4) is 0 Å². The summed E-state index contributed by atoms with van der Waals surface area (Å²) in [6.07, 6.45) is 8.14. The Kier molecular flexibility index (Phi) is 5.95. The highest BCUT2D eigenvalue weighted by molar-refractivity contribution is 9.10. The number of esters is 1. The second kappa shape index (κ2) is 8.76. The molecule has 3 unspecified atom stereocenters. The number of piperidine rings is 1. The van der Waals surface area contributed by atoms with Crippen LogP contribution in [0, 0.1) is 17.8 Å². The molecule has 35 heavy (non-hydrogen) atoms. The fraction of sp³-hybridized carbons (Fsp3) is 0.714. The van der Waals surface area contributed by atoms with Crippen molar-refractivity contribution < 1.29 is 19.4 Å². The van der Waals surface area contributed by atoms with Gasteiger partial charge in [0.2, 0.25) is 0 Å².